The molecule has 2 aromatic rings. The van der Waals surface area contributed by atoms with E-state index in [1.165, 1.54) is 5.70 Å². The second-order valence-corrected chi connectivity index (χ2v) is 16.8. The molecule has 2 aliphatic carbocycles. The van der Waals surface area contributed by atoms with Crippen molar-refractivity contribution in [3.05, 3.63) is 82.0 Å². The second-order valence-electron chi connectivity index (χ2n) is 16.4. The highest BCUT2D eigenvalue weighted by Gasteiger charge is 2.45. The molecule has 2 aromatic carbocycles. The maximum Gasteiger partial charge on any atom is 0.262 e. The Hall–Kier alpha value is -5.19. The van der Waals surface area contributed by atoms with Gasteiger partial charge in [0.2, 0.25) is 17.7 Å². The van der Waals surface area contributed by atoms with Gasteiger partial charge < -0.3 is 24.8 Å². The molecule has 14 heteroatoms. The van der Waals surface area contributed by atoms with Crippen LogP contribution in [0.5, 0.6) is 5.75 Å². The third-order valence-electron chi connectivity index (χ3n) is 12.7. The van der Waals surface area contributed by atoms with Gasteiger partial charge in [0.15, 0.2) is 0 Å². The molecule has 0 bridgehead atoms. The molecule has 3 saturated heterocycles. The van der Waals surface area contributed by atoms with E-state index >= 15 is 0 Å². The van der Waals surface area contributed by atoms with E-state index in [4.69, 9.17) is 21.6 Å². The Bertz CT molecular complexity index is 2060. The normalized spacial score (nSPS) is 25.8. The number of hydrogen-bond acceptors (Lipinski definition) is 10. The van der Waals surface area contributed by atoms with Gasteiger partial charge in [-0.1, -0.05) is 23.8 Å². The first-order valence-electron chi connectivity index (χ1n) is 20.8. The number of hydrogen-bond donors (Lipinski definition) is 2. The fourth-order valence-corrected chi connectivity index (χ4v) is 9.54. The van der Waals surface area contributed by atoms with Crippen LogP contribution in [-0.4, -0.2) is 108 Å². The number of ether oxygens (including phenoxy) is 1. The molecule has 1 saturated carbocycles. The number of benzene rings is 2. The van der Waals surface area contributed by atoms with E-state index in [1.54, 1.807) is 30.3 Å². The summed E-state index contributed by atoms with van der Waals surface area (Å²) < 4.78 is 6.11. The maximum atomic E-state index is 13.4. The molecule has 0 aromatic heterocycles. The van der Waals surface area contributed by atoms with Crippen LogP contribution in [0, 0.1) is 23.2 Å². The summed E-state index contributed by atoms with van der Waals surface area (Å²) in [6.07, 6.45) is 14.0. The van der Waals surface area contributed by atoms with Gasteiger partial charge in [0.05, 0.1) is 33.7 Å². The first kappa shape index (κ1) is 39.6. The molecule has 13 nitrogen and oxygen atoms in total. The molecule has 4 heterocycles. The van der Waals surface area contributed by atoms with Gasteiger partial charge in [0.25, 0.3) is 11.8 Å². The van der Waals surface area contributed by atoms with E-state index in [0.29, 0.717) is 39.8 Å². The van der Waals surface area contributed by atoms with Crippen molar-refractivity contribution in [3.63, 3.8) is 0 Å². The summed E-state index contributed by atoms with van der Waals surface area (Å²) in [6, 6.07) is 11.8. The summed E-state index contributed by atoms with van der Waals surface area (Å²) in [6.45, 7) is 6.61. The molecular weight excluding hydrogens is 758 g/mol. The molecule has 4 aliphatic heterocycles. The van der Waals surface area contributed by atoms with Crippen LogP contribution in [-0.2, 0) is 14.4 Å². The molecule has 8 rings (SSSR count). The van der Waals surface area contributed by atoms with Crippen LogP contribution in [0.3, 0.4) is 0 Å². The molecular formula is C44H50ClN7O6. The van der Waals surface area contributed by atoms with Crippen LogP contribution in [0.2, 0.25) is 5.02 Å². The number of rotatable bonds is 9. The lowest BCUT2D eigenvalue weighted by atomic mass is 9.91. The minimum Gasteiger partial charge on any atom is -0.490 e. The molecule has 0 radical (unpaired) electrons. The number of anilines is 1. The van der Waals surface area contributed by atoms with Crippen molar-refractivity contribution in [1.29, 1.82) is 5.26 Å². The fraction of sp³-hybridized carbons (Fsp3) is 0.500. The van der Waals surface area contributed by atoms with Crippen molar-refractivity contribution in [3.8, 4) is 11.8 Å². The number of likely N-dealkylation sites (tertiary alicyclic amines) is 1. The van der Waals surface area contributed by atoms with Gasteiger partial charge in [0, 0.05) is 69.2 Å². The average Bonchev–Trinajstić information content (AvgIpc) is 3.34. The number of carbonyl (C=O) groups excluding carboxylic acids is 5. The molecule has 304 valence electrons. The number of allylic oxidation sites excluding steroid dienone is 2. The number of fused-ring (bicyclic) bond motifs is 1. The van der Waals surface area contributed by atoms with E-state index in [2.05, 4.69) is 49.6 Å². The second kappa shape index (κ2) is 17.3. The lowest BCUT2D eigenvalue weighted by molar-refractivity contribution is -0.136. The number of carbonyl (C=O) groups is 5. The van der Waals surface area contributed by atoms with Gasteiger partial charge in [-0.25, -0.2) is 0 Å². The average molecular weight is 808 g/mol. The maximum absolute atomic E-state index is 13.4. The SMILES string of the molecule is N#Cc1ccc(OC2CCC(NC(=O)C3C=CC(N4CCC(CN5CCCN(c6ccc7c(c6)C(=O)N(C6CCC(=O)NC6=O)C7=O)CC5)CC4)=CC3)CC2)cc1Cl. The molecule has 58 heavy (non-hydrogen) atoms. The topological polar surface area (TPSA) is 155 Å². The van der Waals surface area contributed by atoms with Crippen LogP contribution in [0.15, 0.2) is 60.3 Å². The standard InChI is InChI=1S/C44H50ClN7O6/c45-38-25-35(10-4-30(38)26-46)58-34-11-5-31(6-12-34)47-41(54)29-2-7-32(8-3-29)51-20-16-28(17-21-51)27-49-18-1-19-50(23-22-49)33-9-13-36-37(24-33)44(57)52(43(36)56)39-14-15-40(53)48-42(39)55/h2,4,7-10,13,24-25,28-29,31,34,39H,1,3,5-6,11-12,14-23,27H2,(H,47,54)(H,48,53,55). The summed E-state index contributed by atoms with van der Waals surface area (Å²) in [7, 11) is 0. The number of nitrogens with one attached hydrogen (secondary N) is 2. The van der Waals surface area contributed by atoms with Crippen LogP contribution >= 0.6 is 11.6 Å². The van der Waals surface area contributed by atoms with Gasteiger partial charge in [-0.3, -0.25) is 34.2 Å². The van der Waals surface area contributed by atoms with E-state index in [9.17, 15) is 24.0 Å². The molecule has 2 unspecified atom stereocenters. The molecule has 2 N–H and O–H groups in total. The quantitative estimate of drug-likeness (QED) is 0.338. The molecule has 5 amide bonds. The number of nitriles is 1. The van der Waals surface area contributed by atoms with Gasteiger partial charge in [-0.05, 0) is 107 Å². The molecule has 2 atom stereocenters. The highest BCUT2D eigenvalue weighted by molar-refractivity contribution is 6.31. The highest BCUT2D eigenvalue weighted by Crippen LogP contribution is 2.33. The number of amides is 5. The minimum atomic E-state index is -0.970. The van der Waals surface area contributed by atoms with Gasteiger partial charge in [0.1, 0.15) is 17.9 Å². The largest absolute Gasteiger partial charge is 0.490 e. The summed E-state index contributed by atoms with van der Waals surface area (Å²) in [5.41, 5.74) is 3.16. The Morgan fingerprint density at radius 2 is 1.67 bits per heavy atom. The van der Waals surface area contributed by atoms with Crippen LogP contribution in [0.1, 0.15) is 90.5 Å². The van der Waals surface area contributed by atoms with Crippen molar-refractivity contribution >= 4 is 46.8 Å². The predicted molar refractivity (Wildman–Crippen MR) is 217 cm³/mol. The highest BCUT2D eigenvalue weighted by atomic mass is 35.5. The first-order valence-corrected chi connectivity index (χ1v) is 21.1. The number of piperidine rings is 2. The summed E-state index contributed by atoms with van der Waals surface area (Å²) in [5, 5.41) is 15.0. The zero-order valence-corrected chi connectivity index (χ0v) is 33.4. The van der Waals surface area contributed by atoms with Crippen molar-refractivity contribution in [1.82, 2.24) is 25.3 Å². The zero-order valence-electron chi connectivity index (χ0n) is 32.7. The third-order valence-corrected chi connectivity index (χ3v) is 13.0. The van der Waals surface area contributed by atoms with E-state index in [1.807, 2.05) is 6.07 Å². The summed E-state index contributed by atoms with van der Waals surface area (Å²) >= 11 is 6.16. The lowest BCUT2D eigenvalue weighted by Gasteiger charge is -2.37. The van der Waals surface area contributed by atoms with Crippen LogP contribution < -0.4 is 20.3 Å². The van der Waals surface area contributed by atoms with Crippen LogP contribution in [0.25, 0.3) is 0 Å². The Morgan fingerprint density at radius 1 is 0.879 bits per heavy atom. The number of halogens is 1. The van der Waals surface area contributed by atoms with Crippen molar-refractivity contribution in [2.24, 2.45) is 11.8 Å². The number of imide groups is 2. The van der Waals surface area contributed by atoms with Gasteiger partial charge >= 0.3 is 0 Å². The Balaban J connectivity index is 0.749. The lowest BCUT2D eigenvalue weighted by Crippen LogP contribution is -2.54. The summed E-state index contributed by atoms with van der Waals surface area (Å²) in [4.78, 5) is 72.2. The van der Waals surface area contributed by atoms with E-state index in [0.717, 1.165) is 101 Å². The summed E-state index contributed by atoms with van der Waals surface area (Å²) in [5.74, 6) is -0.752. The Kier molecular flexibility index (Phi) is 11.9. The Morgan fingerprint density at radius 3 is 2.40 bits per heavy atom. The monoisotopic (exact) mass is 807 g/mol. The molecule has 4 fully saturated rings. The van der Waals surface area contributed by atoms with E-state index in [-0.39, 0.29) is 42.7 Å². The van der Waals surface area contributed by atoms with E-state index < -0.39 is 23.8 Å². The zero-order chi connectivity index (χ0) is 40.3. The predicted octanol–water partition coefficient (Wildman–Crippen LogP) is 4.80. The van der Waals surface area contributed by atoms with Crippen molar-refractivity contribution in [2.75, 3.05) is 50.7 Å². The van der Waals surface area contributed by atoms with Crippen molar-refractivity contribution in [2.45, 2.75) is 82.4 Å². The minimum absolute atomic E-state index is 0.0604. The first-order chi connectivity index (χ1) is 28.1. The fourth-order valence-electron chi connectivity index (χ4n) is 9.33. The third kappa shape index (κ3) is 8.64. The van der Waals surface area contributed by atoms with Crippen LogP contribution in [0.4, 0.5) is 5.69 Å². The van der Waals surface area contributed by atoms with Crippen molar-refractivity contribution < 1.29 is 28.7 Å². The molecule has 0 spiro atoms. The van der Waals surface area contributed by atoms with Gasteiger partial charge in [-0.2, -0.15) is 5.26 Å². The number of nitrogens with zero attached hydrogens (tertiary/aromatic N) is 5. The Labute approximate surface area is 344 Å². The molecule has 6 aliphatic rings. The smallest absolute Gasteiger partial charge is 0.262 e. The van der Waals surface area contributed by atoms with Gasteiger partial charge in [-0.15, -0.1) is 0 Å².